The van der Waals surface area contributed by atoms with Crippen LogP contribution in [0.1, 0.15) is 194 Å². The highest BCUT2D eigenvalue weighted by Crippen LogP contribution is 2.41. The van der Waals surface area contributed by atoms with Gasteiger partial charge in [-0.15, -0.1) is 0 Å². The van der Waals surface area contributed by atoms with Crippen molar-refractivity contribution in [2.24, 2.45) is 0 Å². The summed E-state index contributed by atoms with van der Waals surface area (Å²) in [6, 6.07) is 10.6. The number of benzene rings is 2. The molecular weight excluding hydrogens is 528 g/mol. The van der Waals surface area contributed by atoms with Crippen LogP contribution in [0.25, 0.3) is 6.08 Å². The Morgan fingerprint density at radius 2 is 1.23 bits per heavy atom. The molecule has 0 heterocycles. The van der Waals surface area contributed by atoms with E-state index in [9.17, 15) is 9.90 Å². The molecule has 0 bridgehead atoms. The highest BCUT2D eigenvalue weighted by Gasteiger charge is 2.27. The highest BCUT2D eigenvalue weighted by molar-refractivity contribution is 6.10. The third kappa shape index (κ3) is 9.22. The van der Waals surface area contributed by atoms with Crippen LogP contribution < -0.4 is 4.74 Å². The SMILES string of the molecule is CCCC(CC)c1cc(C=C(O)C(=O)c2cccc(C(CC)CCC)c2C(CC)CCC)c(C(CC)CCC)c(OC)c1. The maximum atomic E-state index is 14.3. The van der Waals surface area contributed by atoms with Gasteiger partial charge in [-0.3, -0.25) is 4.79 Å². The number of carbonyl (C=O) groups is 1. The minimum Gasteiger partial charge on any atom is -0.504 e. The lowest BCUT2D eigenvalue weighted by molar-refractivity contribution is 0.0978. The molecule has 0 aliphatic heterocycles. The zero-order valence-corrected chi connectivity index (χ0v) is 29.0. The van der Waals surface area contributed by atoms with E-state index >= 15 is 0 Å². The molecule has 4 unspecified atom stereocenters. The third-order valence-corrected chi connectivity index (χ3v) is 9.57. The molecule has 0 aliphatic rings. The highest BCUT2D eigenvalue weighted by atomic mass is 16.5. The van der Waals surface area contributed by atoms with E-state index in [0.29, 0.717) is 29.2 Å². The molecule has 0 aliphatic carbocycles. The number of Topliss-reactive ketones (excluding diaryl/α,β-unsaturated/α-hetero) is 1. The molecule has 0 aromatic heterocycles. The van der Waals surface area contributed by atoms with Crippen molar-refractivity contribution in [2.75, 3.05) is 7.11 Å². The summed E-state index contributed by atoms with van der Waals surface area (Å²) in [7, 11) is 1.75. The summed E-state index contributed by atoms with van der Waals surface area (Å²) in [5.41, 5.74) is 6.39. The molecule has 1 N–H and O–H groups in total. The number of hydrogen-bond donors (Lipinski definition) is 1. The Morgan fingerprint density at radius 3 is 1.74 bits per heavy atom. The minimum atomic E-state index is -0.266. The van der Waals surface area contributed by atoms with Gasteiger partial charge in [0.15, 0.2) is 5.76 Å². The zero-order valence-electron chi connectivity index (χ0n) is 29.0. The van der Waals surface area contributed by atoms with Gasteiger partial charge in [-0.25, -0.2) is 0 Å². The number of rotatable bonds is 20. The molecule has 2 rings (SSSR count). The molecule has 0 spiro atoms. The first-order chi connectivity index (χ1) is 20.8. The van der Waals surface area contributed by atoms with Gasteiger partial charge in [0.25, 0.3) is 0 Å². The van der Waals surface area contributed by atoms with Crippen LogP contribution in [0.15, 0.2) is 36.1 Å². The monoisotopic (exact) mass is 590 g/mol. The van der Waals surface area contributed by atoms with Crippen molar-refractivity contribution in [1.82, 2.24) is 0 Å². The Bertz CT molecular complexity index is 1160. The molecule has 0 saturated heterocycles. The summed E-state index contributed by atoms with van der Waals surface area (Å²) in [6.07, 6.45) is 14.4. The number of aliphatic hydroxyl groups excluding tert-OH is 1. The van der Waals surface area contributed by atoms with E-state index in [1.165, 1.54) is 11.1 Å². The van der Waals surface area contributed by atoms with Crippen molar-refractivity contribution in [1.29, 1.82) is 0 Å². The fraction of sp³-hybridized carbons (Fsp3) is 0.625. The predicted octanol–water partition coefficient (Wildman–Crippen LogP) is 12.7. The number of methoxy groups -OCH3 is 1. The Morgan fingerprint density at radius 1 is 0.721 bits per heavy atom. The van der Waals surface area contributed by atoms with Crippen LogP contribution in [0, 0.1) is 0 Å². The van der Waals surface area contributed by atoms with Crippen molar-refractivity contribution in [3.63, 3.8) is 0 Å². The van der Waals surface area contributed by atoms with Gasteiger partial charge in [0.1, 0.15) is 5.75 Å². The largest absolute Gasteiger partial charge is 0.504 e. The summed E-state index contributed by atoms with van der Waals surface area (Å²) < 4.78 is 6.03. The van der Waals surface area contributed by atoms with E-state index in [2.05, 4.69) is 73.6 Å². The van der Waals surface area contributed by atoms with E-state index < -0.39 is 0 Å². The van der Waals surface area contributed by atoms with Crippen LogP contribution in [0.5, 0.6) is 5.75 Å². The predicted molar refractivity (Wildman–Crippen MR) is 186 cm³/mol. The second kappa shape index (κ2) is 19.0. The van der Waals surface area contributed by atoms with Crippen molar-refractivity contribution < 1.29 is 14.6 Å². The smallest absolute Gasteiger partial charge is 0.227 e. The number of hydrogen-bond acceptors (Lipinski definition) is 3. The average molecular weight is 591 g/mol. The first-order valence-electron chi connectivity index (χ1n) is 17.6. The van der Waals surface area contributed by atoms with Crippen LogP contribution >= 0.6 is 0 Å². The number of carbonyl (C=O) groups excluding carboxylic acids is 1. The quantitative estimate of drug-likeness (QED) is 0.0947. The summed E-state index contributed by atoms with van der Waals surface area (Å²) in [4.78, 5) is 14.3. The van der Waals surface area contributed by atoms with Crippen LogP contribution in [-0.4, -0.2) is 18.0 Å². The molecular formula is C40H62O3. The van der Waals surface area contributed by atoms with Crippen LogP contribution in [0.4, 0.5) is 0 Å². The van der Waals surface area contributed by atoms with Gasteiger partial charge in [-0.05, 0) is 109 Å². The molecule has 0 amide bonds. The lowest BCUT2D eigenvalue weighted by Crippen LogP contribution is -2.15. The first-order valence-corrected chi connectivity index (χ1v) is 17.6. The Labute approximate surface area is 264 Å². The maximum absolute atomic E-state index is 14.3. The normalized spacial score (nSPS) is 14.8. The Balaban J connectivity index is 2.83. The third-order valence-electron chi connectivity index (χ3n) is 9.57. The average Bonchev–Trinajstić information content (AvgIpc) is 3.02. The van der Waals surface area contributed by atoms with Gasteiger partial charge in [0.2, 0.25) is 5.78 Å². The topological polar surface area (TPSA) is 46.5 Å². The molecule has 3 nitrogen and oxygen atoms in total. The molecule has 0 radical (unpaired) electrons. The van der Waals surface area contributed by atoms with Crippen LogP contribution in [0.3, 0.4) is 0 Å². The van der Waals surface area contributed by atoms with Crippen molar-refractivity contribution in [3.05, 3.63) is 69.5 Å². The maximum Gasteiger partial charge on any atom is 0.227 e. The number of aliphatic hydroxyl groups is 1. The van der Waals surface area contributed by atoms with Gasteiger partial charge >= 0.3 is 0 Å². The Hall–Kier alpha value is -2.55. The van der Waals surface area contributed by atoms with Gasteiger partial charge in [0.05, 0.1) is 7.11 Å². The lowest BCUT2D eigenvalue weighted by Gasteiger charge is -2.26. The van der Waals surface area contributed by atoms with Crippen LogP contribution in [0.2, 0.25) is 0 Å². The molecule has 3 heteroatoms. The van der Waals surface area contributed by atoms with Gasteiger partial charge in [-0.1, -0.05) is 105 Å². The fourth-order valence-corrected chi connectivity index (χ4v) is 7.26. The van der Waals surface area contributed by atoms with E-state index in [1.807, 2.05) is 12.1 Å². The van der Waals surface area contributed by atoms with Gasteiger partial charge in [0, 0.05) is 11.1 Å². The minimum absolute atomic E-state index is 0.177. The summed E-state index contributed by atoms with van der Waals surface area (Å²) in [6.45, 7) is 17.8. The standard InChI is InChI=1S/C40H62O3/c1-10-19-28(14-5)32-25-33(38(37(27-32)43-9)30(16-7)21-12-3)26-36(41)40(42)35-24-18-23-34(29(15-6)20-11-2)39(35)31(17-8)22-13-4/h18,23-31,41H,10-17,19-22H2,1-9H3. The molecule has 2 aromatic rings. The van der Waals surface area contributed by atoms with Gasteiger partial charge < -0.3 is 9.84 Å². The van der Waals surface area contributed by atoms with E-state index in [0.717, 1.165) is 99.5 Å². The number of ether oxygens (including phenoxy) is 1. The van der Waals surface area contributed by atoms with Crippen molar-refractivity contribution in [3.8, 4) is 5.75 Å². The summed E-state index contributed by atoms with van der Waals surface area (Å²) in [5, 5.41) is 11.7. The van der Waals surface area contributed by atoms with Crippen molar-refractivity contribution >= 4 is 11.9 Å². The molecule has 0 saturated carbocycles. The Kier molecular flexibility index (Phi) is 16.2. The molecule has 43 heavy (non-hydrogen) atoms. The molecule has 2 aromatic carbocycles. The molecule has 0 fully saturated rings. The van der Waals surface area contributed by atoms with Crippen LogP contribution in [-0.2, 0) is 0 Å². The summed E-state index contributed by atoms with van der Waals surface area (Å²) >= 11 is 0. The van der Waals surface area contributed by atoms with E-state index in [-0.39, 0.29) is 11.5 Å². The molecule has 4 atom stereocenters. The van der Waals surface area contributed by atoms with E-state index in [4.69, 9.17) is 4.74 Å². The zero-order chi connectivity index (χ0) is 31.9. The fourth-order valence-electron chi connectivity index (χ4n) is 7.26. The van der Waals surface area contributed by atoms with Crippen molar-refractivity contribution in [2.45, 2.75) is 156 Å². The second-order valence-electron chi connectivity index (χ2n) is 12.5. The van der Waals surface area contributed by atoms with E-state index in [1.54, 1.807) is 13.2 Å². The second-order valence-corrected chi connectivity index (χ2v) is 12.5. The molecule has 240 valence electrons. The lowest BCUT2D eigenvalue weighted by atomic mass is 9.78. The first kappa shape index (κ1) is 36.6. The number of allylic oxidation sites excluding steroid dienone is 1. The number of ketones is 1. The summed E-state index contributed by atoms with van der Waals surface area (Å²) in [5.74, 6) is 1.85. The van der Waals surface area contributed by atoms with Gasteiger partial charge in [-0.2, -0.15) is 0 Å².